The van der Waals surface area contributed by atoms with Crippen LogP contribution in [0.5, 0.6) is 11.5 Å². The van der Waals surface area contributed by atoms with Crippen molar-refractivity contribution in [1.29, 1.82) is 0 Å². The molecule has 0 spiro atoms. The molecule has 0 aliphatic carbocycles. The highest BCUT2D eigenvalue weighted by molar-refractivity contribution is 8.02. The summed E-state index contributed by atoms with van der Waals surface area (Å²) in [7, 11) is -0.0482. The molecule has 1 atom stereocenters. The molecule has 0 bridgehead atoms. The van der Waals surface area contributed by atoms with Crippen molar-refractivity contribution < 1.29 is 32.2 Å². The van der Waals surface area contributed by atoms with Gasteiger partial charge in [0.15, 0.2) is 16.4 Å². The smallest absolute Gasteiger partial charge is 0.316 e. The zero-order valence-electron chi connectivity index (χ0n) is 14.0. The molecule has 0 amide bonds. The highest BCUT2D eigenvalue weighted by atomic mass is 32.2. The second-order valence-electron chi connectivity index (χ2n) is 5.49. The maximum Gasteiger partial charge on any atom is 0.316 e. The number of benzene rings is 1. The second-order valence-corrected chi connectivity index (χ2v) is 9.00. The first-order valence-electron chi connectivity index (χ1n) is 7.57. The molecular weight excluding hydrogens is 368 g/mol. The fraction of sp³-hybridized carbons (Fsp3) is 0.500. The van der Waals surface area contributed by atoms with Gasteiger partial charge in [-0.05, 0) is 24.6 Å². The standard InChI is InChI=1S/C16H20O7S2/c1-21-11-3-4-15(22-2)13(7-11)14(17)8-23-16(18)9-24-12-5-6-25(19,20)10-12/h3-4,7,12H,5-6,8-10H2,1-2H3/t12-/m1/s1. The molecule has 138 valence electrons. The van der Waals surface area contributed by atoms with Gasteiger partial charge < -0.3 is 14.2 Å². The molecule has 25 heavy (non-hydrogen) atoms. The number of methoxy groups -OCH3 is 2. The van der Waals surface area contributed by atoms with Crippen LogP contribution in [0.25, 0.3) is 0 Å². The number of carbonyl (C=O) groups is 2. The van der Waals surface area contributed by atoms with Crippen molar-refractivity contribution >= 4 is 33.4 Å². The third-order valence-electron chi connectivity index (χ3n) is 3.70. The lowest BCUT2D eigenvalue weighted by Gasteiger charge is -2.10. The molecule has 1 aliphatic heterocycles. The molecule has 1 aromatic carbocycles. The molecule has 1 aliphatic rings. The lowest BCUT2D eigenvalue weighted by atomic mass is 10.1. The summed E-state index contributed by atoms with van der Waals surface area (Å²) in [6.45, 7) is -0.411. The molecule has 0 aromatic heterocycles. The molecule has 0 unspecified atom stereocenters. The van der Waals surface area contributed by atoms with Crippen molar-refractivity contribution in [3.8, 4) is 11.5 Å². The summed E-state index contributed by atoms with van der Waals surface area (Å²) in [6.07, 6.45) is 0.542. The monoisotopic (exact) mass is 388 g/mol. The van der Waals surface area contributed by atoms with Crippen molar-refractivity contribution in [3.05, 3.63) is 23.8 Å². The number of carbonyl (C=O) groups excluding carboxylic acids is 2. The Morgan fingerprint density at radius 3 is 2.60 bits per heavy atom. The minimum atomic E-state index is -2.97. The molecule has 2 rings (SSSR count). The van der Waals surface area contributed by atoms with Crippen LogP contribution in [-0.2, 0) is 19.4 Å². The highest BCUT2D eigenvalue weighted by Gasteiger charge is 2.28. The van der Waals surface area contributed by atoms with Crippen LogP contribution in [0.2, 0.25) is 0 Å². The molecule has 1 saturated heterocycles. The van der Waals surface area contributed by atoms with Crippen molar-refractivity contribution in [3.63, 3.8) is 0 Å². The fourth-order valence-electron chi connectivity index (χ4n) is 2.38. The first-order chi connectivity index (χ1) is 11.8. The van der Waals surface area contributed by atoms with Gasteiger partial charge in [0.1, 0.15) is 11.5 Å². The molecule has 1 aromatic rings. The third kappa shape index (κ3) is 5.64. The minimum Gasteiger partial charge on any atom is -0.497 e. The van der Waals surface area contributed by atoms with Crippen molar-refractivity contribution in [2.45, 2.75) is 11.7 Å². The van der Waals surface area contributed by atoms with Gasteiger partial charge in [-0.15, -0.1) is 11.8 Å². The van der Waals surface area contributed by atoms with Crippen LogP contribution >= 0.6 is 11.8 Å². The number of hydrogen-bond acceptors (Lipinski definition) is 8. The SMILES string of the molecule is COc1ccc(OC)c(C(=O)COC(=O)CS[C@@H]2CCS(=O)(=O)C2)c1. The summed E-state index contributed by atoms with van der Waals surface area (Å²) < 4.78 is 37.9. The van der Waals surface area contributed by atoms with Gasteiger partial charge in [-0.1, -0.05) is 0 Å². The quantitative estimate of drug-likeness (QED) is 0.486. The van der Waals surface area contributed by atoms with Crippen LogP contribution in [0.4, 0.5) is 0 Å². The van der Waals surface area contributed by atoms with Gasteiger partial charge in [-0.3, -0.25) is 9.59 Å². The third-order valence-corrected chi connectivity index (χ3v) is 6.95. The Hall–Kier alpha value is -1.74. The number of sulfone groups is 1. The largest absolute Gasteiger partial charge is 0.497 e. The van der Waals surface area contributed by atoms with E-state index in [1.54, 1.807) is 12.1 Å². The Morgan fingerprint density at radius 1 is 1.24 bits per heavy atom. The number of hydrogen-bond donors (Lipinski definition) is 0. The summed E-state index contributed by atoms with van der Waals surface area (Å²) in [5.41, 5.74) is 0.268. The Balaban J connectivity index is 1.84. The summed E-state index contributed by atoms with van der Waals surface area (Å²) >= 11 is 1.25. The maximum absolute atomic E-state index is 12.2. The molecule has 7 nitrogen and oxygen atoms in total. The van der Waals surface area contributed by atoms with E-state index in [2.05, 4.69) is 0 Å². The average molecular weight is 388 g/mol. The first-order valence-corrected chi connectivity index (χ1v) is 10.4. The zero-order valence-corrected chi connectivity index (χ0v) is 15.7. The second kappa shape index (κ2) is 8.57. The predicted octanol–water partition coefficient (Wildman–Crippen LogP) is 1.35. The highest BCUT2D eigenvalue weighted by Crippen LogP contribution is 2.25. The normalized spacial score (nSPS) is 18.6. The number of ketones is 1. The topological polar surface area (TPSA) is 96.0 Å². The zero-order chi connectivity index (χ0) is 18.4. The van der Waals surface area contributed by atoms with Gasteiger partial charge in [0.05, 0.1) is 37.0 Å². The van der Waals surface area contributed by atoms with Crippen LogP contribution in [-0.4, -0.2) is 63.5 Å². The summed E-state index contributed by atoms with van der Waals surface area (Å²) in [5.74, 6) is 0.171. The fourth-order valence-corrected chi connectivity index (χ4v) is 5.81. The summed E-state index contributed by atoms with van der Waals surface area (Å²) in [5, 5.41) is -0.0910. The van der Waals surface area contributed by atoms with E-state index < -0.39 is 28.2 Å². The van der Waals surface area contributed by atoms with Crippen molar-refractivity contribution in [2.24, 2.45) is 0 Å². The van der Waals surface area contributed by atoms with Crippen LogP contribution in [0.3, 0.4) is 0 Å². The Bertz CT molecular complexity index is 743. The molecule has 0 saturated carbocycles. The van der Waals surface area contributed by atoms with Gasteiger partial charge in [0, 0.05) is 5.25 Å². The number of rotatable bonds is 8. The van der Waals surface area contributed by atoms with Gasteiger partial charge >= 0.3 is 5.97 Å². The van der Waals surface area contributed by atoms with E-state index in [9.17, 15) is 18.0 Å². The van der Waals surface area contributed by atoms with Gasteiger partial charge in [-0.2, -0.15) is 0 Å². The molecule has 1 fully saturated rings. The first kappa shape index (κ1) is 19.6. The minimum absolute atomic E-state index is 0.0166. The van der Waals surface area contributed by atoms with E-state index >= 15 is 0 Å². The molecule has 9 heteroatoms. The molecule has 1 heterocycles. The molecule has 0 N–H and O–H groups in total. The van der Waals surface area contributed by atoms with E-state index in [1.807, 2.05) is 0 Å². The van der Waals surface area contributed by atoms with E-state index in [4.69, 9.17) is 14.2 Å². The van der Waals surface area contributed by atoms with Crippen LogP contribution in [0.15, 0.2) is 18.2 Å². The predicted molar refractivity (Wildman–Crippen MR) is 94.4 cm³/mol. The number of thioether (sulfide) groups is 1. The van der Waals surface area contributed by atoms with Gasteiger partial charge in [0.25, 0.3) is 0 Å². The van der Waals surface area contributed by atoms with Crippen LogP contribution in [0.1, 0.15) is 16.8 Å². The Kier molecular flexibility index (Phi) is 6.71. The van der Waals surface area contributed by atoms with E-state index in [-0.39, 0.29) is 28.1 Å². The molecule has 0 radical (unpaired) electrons. The van der Waals surface area contributed by atoms with Crippen molar-refractivity contribution in [1.82, 2.24) is 0 Å². The number of esters is 1. The van der Waals surface area contributed by atoms with Gasteiger partial charge in [-0.25, -0.2) is 8.42 Å². The number of ether oxygens (including phenoxy) is 3. The van der Waals surface area contributed by atoms with Crippen molar-refractivity contribution in [2.75, 3.05) is 38.1 Å². The average Bonchev–Trinajstić information content (AvgIpc) is 2.96. The summed E-state index contributed by atoms with van der Waals surface area (Å²) in [6, 6.07) is 4.78. The Labute approximate surface area is 150 Å². The lowest BCUT2D eigenvalue weighted by Crippen LogP contribution is -2.18. The lowest BCUT2D eigenvalue weighted by molar-refractivity contribution is -0.139. The van der Waals surface area contributed by atoms with Crippen LogP contribution in [0, 0.1) is 0 Å². The maximum atomic E-state index is 12.2. The molecular formula is C16H20O7S2. The van der Waals surface area contributed by atoms with E-state index in [0.717, 1.165) is 0 Å². The number of Topliss-reactive ketones (excluding diaryl/α,β-unsaturated/α-hetero) is 1. The van der Waals surface area contributed by atoms with Gasteiger partial charge in [0.2, 0.25) is 5.78 Å². The van der Waals surface area contributed by atoms with Crippen LogP contribution < -0.4 is 9.47 Å². The summed E-state index contributed by atoms with van der Waals surface area (Å²) in [4.78, 5) is 24.0. The van der Waals surface area contributed by atoms with E-state index in [0.29, 0.717) is 17.9 Å². The Morgan fingerprint density at radius 2 is 2.00 bits per heavy atom. The van der Waals surface area contributed by atoms with E-state index in [1.165, 1.54) is 32.0 Å².